The molecule has 2 N–H and O–H groups in total. The number of aliphatic hydroxyl groups excluding tert-OH is 1. The first-order valence-electron chi connectivity index (χ1n) is 12.7. The van der Waals surface area contributed by atoms with Crippen molar-refractivity contribution >= 4 is 23.5 Å². The lowest BCUT2D eigenvalue weighted by Crippen LogP contribution is -2.56. The van der Waals surface area contributed by atoms with Crippen LogP contribution < -0.4 is 19.9 Å². The van der Waals surface area contributed by atoms with Gasteiger partial charge in [0.25, 0.3) is 0 Å². The highest BCUT2D eigenvalue weighted by molar-refractivity contribution is 6.04. The zero-order valence-corrected chi connectivity index (χ0v) is 21.6. The Hall–Kier alpha value is -3.93. The van der Waals surface area contributed by atoms with E-state index in [1.807, 2.05) is 13.0 Å². The zero-order valence-electron chi connectivity index (χ0n) is 21.6. The number of anilines is 3. The highest BCUT2D eigenvalue weighted by Gasteiger charge is 2.39. The maximum Gasteiger partial charge on any atom is 0.416 e. The van der Waals surface area contributed by atoms with E-state index in [2.05, 4.69) is 20.2 Å². The van der Waals surface area contributed by atoms with Crippen molar-refractivity contribution in [3.8, 4) is 17.1 Å². The van der Waals surface area contributed by atoms with Crippen LogP contribution in [0.15, 0.2) is 42.6 Å². The van der Waals surface area contributed by atoms with Crippen molar-refractivity contribution in [3.05, 3.63) is 53.7 Å². The van der Waals surface area contributed by atoms with Crippen molar-refractivity contribution in [2.24, 2.45) is 5.92 Å². The second-order valence-electron chi connectivity index (χ2n) is 9.93. The number of carbonyl (C=O) groups is 1. The number of pyridine rings is 1. The van der Waals surface area contributed by atoms with Crippen molar-refractivity contribution in [1.29, 1.82) is 0 Å². The third-order valence-corrected chi connectivity index (χ3v) is 6.86. The Bertz CT molecular complexity index is 1370. The highest BCUT2D eigenvalue weighted by Crippen LogP contribution is 2.41. The van der Waals surface area contributed by atoms with Crippen LogP contribution in [-0.2, 0) is 6.18 Å². The fourth-order valence-electron chi connectivity index (χ4n) is 4.87. The summed E-state index contributed by atoms with van der Waals surface area (Å²) in [6.45, 7) is 5.27. The summed E-state index contributed by atoms with van der Waals surface area (Å²) in [4.78, 5) is 30.5. The number of urea groups is 1. The molecule has 2 aliphatic rings. The molecule has 206 valence electrons. The molecule has 3 aromatic rings. The van der Waals surface area contributed by atoms with Crippen LogP contribution in [0.25, 0.3) is 11.3 Å². The molecule has 39 heavy (non-hydrogen) atoms. The number of carbonyl (C=O) groups excluding carboxylic acids is 1. The number of aliphatic hydroxyl groups is 1. The molecule has 0 radical (unpaired) electrons. The van der Waals surface area contributed by atoms with Gasteiger partial charge in [-0.05, 0) is 43.5 Å². The number of halogens is 3. The molecule has 9 nitrogen and oxygen atoms in total. The lowest BCUT2D eigenvalue weighted by atomic mass is 9.97. The molecule has 2 amide bonds. The topological polar surface area (TPSA) is 104 Å². The molecule has 0 aliphatic carbocycles. The highest BCUT2D eigenvalue weighted by atomic mass is 19.4. The molecule has 5 rings (SSSR count). The second-order valence-corrected chi connectivity index (χ2v) is 9.93. The number of nitrogens with one attached hydrogen (secondary N) is 1. The van der Waals surface area contributed by atoms with Gasteiger partial charge in [-0.2, -0.15) is 18.2 Å². The van der Waals surface area contributed by atoms with Gasteiger partial charge in [0.1, 0.15) is 0 Å². The van der Waals surface area contributed by atoms with E-state index in [9.17, 15) is 23.1 Å². The van der Waals surface area contributed by atoms with E-state index in [1.54, 1.807) is 24.0 Å². The predicted octanol–water partition coefficient (Wildman–Crippen LogP) is 4.89. The molecule has 2 aromatic heterocycles. The number of aryl methyl sites for hydroxylation is 1. The minimum absolute atomic E-state index is 0.0313. The maximum atomic E-state index is 13.6. The Morgan fingerprint density at radius 3 is 2.85 bits per heavy atom. The molecule has 1 fully saturated rings. The standard InChI is InChI=1S/C27H29F3N6O3/c1-16(14-37)15-39-22-8-9-31-25(32-22)34-26(38)36-20-7-4-10-35(13-20)21-11-17(2)23(33-24(21)36)18-5-3-6-19(12-18)27(28,29)30/h3,5-6,8-9,11-12,16,20,37H,4,7,10,13-15H2,1-2H3,(H,31,32,34,38)/t16-,20+/m1/s1. The smallest absolute Gasteiger partial charge is 0.416 e. The first-order chi connectivity index (χ1) is 18.6. The summed E-state index contributed by atoms with van der Waals surface area (Å²) in [5.41, 5.74) is 1.40. The molecule has 2 atom stereocenters. The van der Waals surface area contributed by atoms with Crippen molar-refractivity contribution in [3.63, 3.8) is 0 Å². The second kappa shape index (κ2) is 10.7. The van der Waals surface area contributed by atoms with Crippen molar-refractivity contribution in [2.45, 2.75) is 38.9 Å². The van der Waals surface area contributed by atoms with Crippen LogP contribution >= 0.6 is 0 Å². The first-order valence-corrected chi connectivity index (χ1v) is 12.7. The number of hydrogen-bond acceptors (Lipinski definition) is 7. The van der Waals surface area contributed by atoms with Gasteiger partial charge in [0.2, 0.25) is 11.8 Å². The van der Waals surface area contributed by atoms with Gasteiger partial charge in [0.15, 0.2) is 5.82 Å². The fourth-order valence-corrected chi connectivity index (χ4v) is 4.87. The average Bonchev–Trinajstić information content (AvgIpc) is 2.92. The summed E-state index contributed by atoms with van der Waals surface area (Å²) < 4.78 is 45.8. The number of nitrogens with zero attached hydrogens (tertiary/aromatic N) is 5. The molecule has 12 heteroatoms. The quantitative estimate of drug-likeness (QED) is 0.457. The molecule has 0 spiro atoms. The molecule has 1 aromatic carbocycles. The van der Waals surface area contributed by atoms with Crippen LogP contribution in [0.1, 0.15) is 30.9 Å². The number of fused-ring (bicyclic) bond motifs is 4. The molecular weight excluding hydrogens is 513 g/mol. The maximum absolute atomic E-state index is 13.6. The van der Waals surface area contributed by atoms with Gasteiger partial charge < -0.3 is 14.7 Å². The van der Waals surface area contributed by atoms with Crippen LogP contribution in [0.2, 0.25) is 0 Å². The summed E-state index contributed by atoms with van der Waals surface area (Å²) in [6.07, 6.45) is -1.39. The molecule has 1 saturated heterocycles. The van der Waals surface area contributed by atoms with E-state index in [-0.39, 0.29) is 37.0 Å². The van der Waals surface area contributed by atoms with Gasteiger partial charge in [0.05, 0.1) is 29.6 Å². The Kier molecular flexibility index (Phi) is 7.30. The van der Waals surface area contributed by atoms with Crippen molar-refractivity contribution in [2.75, 3.05) is 41.4 Å². The van der Waals surface area contributed by atoms with E-state index in [0.29, 0.717) is 29.2 Å². The molecule has 0 unspecified atom stereocenters. The molecule has 2 aliphatic heterocycles. The van der Waals surface area contributed by atoms with Crippen LogP contribution in [-0.4, -0.2) is 58.4 Å². The average molecular weight is 543 g/mol. The summed E-state index contributed by atoms with van der Waals surface area (Å²) in [5.74, 6) is 0.589. The Morgan fingerprint density at radius 1 is 1.26 bits per heavy atom. The number of piperidine rings is 1. The monoisotopic (exact) mass is 542 g/mol. The van der Waals surface area contributed by atoms with Gasteiger partial charge in [-0.3, -0.25) is 10.2 Å². The van der Waals surface area contributed by atoms with Gasteiger partial charge >= 0.3 is 12.2 Å². The summed E-state index contributed by atoms with van der Waals surface area (Å²) >= 11 is 0. The summed E-state index contributed by atoms with van der Waals surface area (Å²) in [7, 11) is 0. The summed E-state index contributed by atoms with van der Waals surface area (Å²) in [5, 5.41) is 11.9. The zero-order chi connectivity index (χ0) is 27.7. The fraction of sp³-hybridized carbons (Fsp3) is 0.407. The van der Waals surface area contributed by atoms with Crippen LogP contribution in [0, 0.1) is 12.8 Å². The SMILES string of the molecule is Cc1cc2c(nc1-c1cccc(C(F)(F)F)c1)N(C(=O)Nc1nccc(OC[C@H](C)CO)n1)[C@H]1CCCN2C1. The molecule has 2 bridgehead atoms. The number of alkyl halides is 3. The Labute approximate surface area is 223 Å². The number of ether oxygens (including phenoxy) is 1. The number of aromatic nitrogens is 3. The van der Waals surface area contributed by atoms with Crippen LogP contribution in [0.4, 0.5) is 35.4 Å². The van der Waals surface area contributed by atoms with E-state index in [0.717, 1.165) is 37.2 Å². The number of amides is 2. The Balaban J connectivity index is 1.48. The van der Waals surface area contributed by atoms with Crippen molar-refractivity contribution < 1.29 is 27.8 Å². The normalized spacial score (nSPS) is 17.4. The van der Waals surface area contributed by atoms with Crippen LogP contribution in [0.5, 0.6) is 5.88 Å². The Morgan fingerprint density at radius 2 is 2.08 bits per heavy atom. The first kappa shape index (κ1) is 26.7. The van der Waals surface area contributed by atoms with Gasteiger partial charge in [-0.15, -0.1) is 0 Å². The van der Waals surface area contributed by atoms with E-state index >= 15 is 0 Å². The third kappa shape index (κ3) is 5.60. The number of rotatable bonds is 6. The molecular formula is C27H29F3N6O3. The third-order valence-electron chi connectivity index (χ3n) is 6.86. The predicted molar refractivity (Wildman–Crippen MR) is 140 cm³/mol. The van der Waals surface area contributed by atoms with Gasteiger partial charge in [-0.25, -0.2) is 14.8 Å². The summed E-state index contributed by atoms with van der Waals surface area (Å²) in [6, 6.07) is 7.81. The number of benzene rings is 1. The van der Waals surface area contributed by atoms with Crippen LogP contribution in [0.3, 0.4) is 0 Å². The lowest BCUT2D eigenvalue weighted by Gasteiger charge is -2.46. The van der Waals surface area contributed by atoms with Gasteiger partial charge in [0, 0.05) is 43.4 Å². The lowest BCUT2D eigenvalue weighted by molar-refractivity contribution is -0.137. The van der Waals surface area contributed by atoms with E-state index in [1.165, 1.54) is 12.3 Å². The minimum atomic E-state index is -4.48. The van der Waals surface area contributed by atoms with E-state index in [4.69, 9.17) is 9.72 Å². The van der Waals surface area contributed by atoms with E-state index < -0.39 is 17.8 Å². The minimum Gasteiger partial charge on any atom is -0.477 e. The van der Waals surface area contributed by atoms with Crippen molar-refractivity contribution in [1.82, 2.24) is 15.0 Å². The number of hydrogen-bond donors (Lipinski definition) is 2. The van der Waals surface area contributed by atoms with Gasteiger partial charge in [-0.1, -0.05) is 19.1 Å². The largest absolute Gasteiger partial charge is 0.477 e. The molecule has 4 heterocycles. The molecule has 0 saturated carbocycles.